The minimum atomic E-state index is -0.884. The Balaban J connectivity index is 1.70. The first-order valence-electron chi connectivity index (χ1n) is 10.7. The van der Waals surface area contributed by atoms with E-state index in [1.807, 2.05) is 0 Å². The van der Waals surface area contributed by atoms with Crippen molar-refractivity contribution in [1.82, 2.24) is 0 Å². The maximum absolute atomic E-state index is 14.1. The zero-order chi connectivity index (χ0) is 18.9. The van der Waals surface area contributed by atoms with E-state index in [4.69, 9.17) is 0 Å². The Labute approximate surface area is 157 Å². The van der Waals surface area contributed by atoms with Crippen LogP contribution in [0.1, 0.15) is 65.7 Å². The third kappa shape index (κ3) is 2.34. The van der Waals surface area contributed by atoms with Crippen molar-refractivity contribution < 1.29 is 14.3 Å². The third-order valence-corrected chi connectivity index (χ3v) is 9.54. The van der Waals surface area contributed by atoms with Crippen LogP contribution in [0.4, 0.5) is 4.39 Å². The topological polar surface area (TPSA) is 37.3 Å². The smallest absolute Gasteiger partial charge is 0.165 e. The van der Waals surface area contributed by atoms with Crippen molar-refractivity contribution in [2.24, 2.45) is 46.3 Å². The van der Waals surface area contributed by atoms with E-state index >= 15 is 0 Å². The van der Waals surface area contributed by atoms with E-state index in [2.05, 4.69) is 33.4 Å². The van der Waals surface area contributed by atoms with Crippen LogP contribution in [0.3, 0.4) is 0 Å². The Hall–Kier alpha value is -0.700. The Kier molecular flexibility index (Phi) is 4.42. The summed E-state index contributed by atoms with van der Waals surface area (Å²) in [6.45, 7) is 10.9. The Morgan fingerprint density at radius 1 is 1.15 bits per heavy atom. The second-order valence-electron chi connectivity index (χ2n) is 10.4. The Bertz CT molecular complexity index is 603. The van der Waals surface area contributed by atoms with Crippen LogP contribution in [0, 0.1) is 46.3 Å². The lowest BCUT2D eigenvalue weighted by molar-refractivity contribution is -0.182. The second kappa shape index (κ2) is 6.15. The normalized spacial score (nSPS) is 54.8. The van der Waals surface area contributed by atoms with Crippen LogP contribution in [-0.4, -0.2) is 23.2 Å². The SMILES string of the molecule is C=C[C@@H](C)[C@H]1CC[C@H]2[C@@H]3[C@H](O)C(=O)[C@H]4C[C@@H](F)CC[C@]4(C)[C@H]3CC[C@]12C. The molecule has 4 aliphatic carbocycles. The van der Waals surface area contributed by atoms with Gasteiger partial charge in [-0.25, -0.2) is 4.39 Å². The van der Waals surface area contributed by atoms with E-state index in [9.17, 15) is 14.3 Å². The summed E-state index contributed by atoms with van der Waals surface area (Å²) in [6.07, 6.45) is 6.55. The van der Waals surface area contributed by atoms with Gasteiger partial charge in [0.1, 0.15) is 12.3 Å². The van der Waals surface area contributed by atoms with Crippen molar-refractivity contribution in [3.63, 3.8) is 0 Å². The number of rotatable bonds is 2. The van der Waals surface area contributed by atoms with Gasteiger partial charge in [0, 0.05) is 5.92 Å². The molecular weight excluding hydrogens is 327 g/mol. The lowest BCUT2D eigenvalue weighted by atomic mass is 9.43. The molecule has 0 aliphatic heterocycles. The zero-order valence-corrected chi connectivity index (χ0v) is 16.6. The molecule has 146 valence electrons. The summed E-state index contributed by atoms with van der Waals surface area (Å²) in [5, 5.41) is 11.1. The molecule has 0 unspecified atom stereocenters. The lowest BCUT2D eigenvalue weighted by Crippen LogP contribution is -2.62. The van der Waals surface area contributed by atoms with Gasteiger partial charge in [0.25, 0.3) is 0 Å². The number of aliphatic hydroxyl groups is 1. The first-order valence-corrected chi connectivity index (χ1v) is 10.7. The number of alkyl halides is 1. The Morgan fingerprint density at radius 2 is 1.81 bits per heavy atom. The van der Waals surface area contributed by atoms with Crippen LogP contribution in [0.5, 0.6) is 0 Å². The highest BCUT2D eigenvalue weighted by atomic mass is 19.1. The highest BCUT2D eigenvalue weighted by Gasteiger charge is 2.65. The fourth-order valence-electron chi connectivity index (χ4n) is 8.04. The monoisotopic (exact) mass is 362 g/mol. The van der Waals surface area contributed by atoms with Gasteiger partial charge in [0.2, 0.25) is 0 Å². The number of hydrogen-bond acceptors (Lipinski definition) is 2. The van der Waals surface area contributed by atoms with Gasteiger partial charge < -0.3 is 5.11 Å². The molecule has 0 aromatic carbocycles. The first-order chi connectivity index (χ1) is 12.2. The average molecular weight is 363 g/mol. The molecule has 4 aliphatic rings. The van der Waals surface area contributed by atoms with Crippen molar-refractivity contribution in [2.75, 3.05) is 0 Å². The fourth-order valence-corrected chi connectivity index (χ4v) is 8.04. The van der Waals surface area contributed by atoms with Crippen LogP contribution >= 0.6 is 0 Å². The van der Waals surface area contributed by atoms with Crippen LogP contribution < -0.4 is 0 Å². The van der Waals surface area contributed by atoms with Gasteiger partial charge in [0.05, 0.1) is 0 Å². The minimum absolute atomic E-state index is 0.0550. The predicted molar refractivity (Wildman–Crippen MR) is 101 cm³/mol. The number of aliphatic hydroxyl groups excluding tert-OH is 1. The van der Waals surface area contributed by atoms with Crippen molar-refractivity contribution in [3.8, 4) is 0 Å². The number of hydrogen-bond donors (Lipinski definition) is 1. The number of fused-ring (bicyclic) bond motifs is 5. The minimum Gasteiger partial charge on any atom is -0.385 e. The standard InChI is InChI=1S/C23H35FO2/c1-5-13(2)15-6-7-16-19-17(9-11-22(15,16)3)23(4)10-8-14(24)12-18(23)20(25)21(19)26/h5,13-19,21,26H,1,6-12H2,2-4H3/t13-,14+,15-,16+,17+,18-,19+,21+,22-,23-/m1/s1. The van der Waals surface area contributed by atoms with E-state index < -0.39 is 12.3 Å². The molecule has 4 rings (SSSR count). The molecule has 2 nitrogen and oxygen atoms in total. The van der Waals surface area contributed by atoms with Crippen LogP contribution in [0.25, 0.3) is 0 Å². The van der Waals surface area contributed by atoms with Crippen molar-refractivity contribution >= 4 is 5.78 Å². The van der Waals surface area contributed by atoms with E-state index in [-0.39, 0.29) is 28.4 Å². The van der Waals surface area contributed by atoms with E-state index in [1.54, 1.807) is 0 Å². The molecule has 26 heavy (non-hydrogen) atoms. The highest BCUT2D eigenvalue weighted by Crippen LogP contribution is 2.67. The van der Waals surface area contributed by atoms with Crippen molar-refractivity contribution in [3.05, 3.63) is 12.7 Å². The van der Waals surface area contributed by atoms with E-state index in [0.29, 0.717) is 36.5 Å². The quantitative estimate of drug-likeness (QED) is 0.705. The lowest BCUT2D eigenvalue weighted by Gasteiger charge is -2.61. The molecule has 0 amide bonds. The summed E-state index contributed by atoms with van der Waals surface area (Å²) in [6, 6.07) is 0. The molecule has 4 saturated carbocycles. The molecular formula is C23H35FO2. The van der Waals surface area contributed by atoms with Crippen molar-refractivity contribution in [1.29, 1.82) is 0 Å². The summed E-state index contributed by atoms with van der Waals surface area (Å²) in [4.78, 5) is 13.1. The van der Waals surface area contributed by atoms with Gasteiger partial charge in [0.15, 0.2) is 5.78 Å². The molecule has 0 aromatic heterocycles. The van der Waals surface area contributed by atoms with E-state index in [0.717, 1.165) is 19.3 Å². The Morgan fingerprint density at radius 3 is 2.50 bits per heavy atom. The number of allylic oxidation sites excluding steroid dienone is 1. The van der Waals surface area contributed by atoms with Gasteiger partial charge in [-0.1, -0.05) is 26.8 Å². The molecule has 0 spiro atoms. The number of Topliss-reactive ketones (excluding diaryl/α,β-unsaturated/α-hetero) is 1. The maximum Gasteiger partial charge on any atom is 0.165 e. The second-order valence-corrected chi connectivity index (χ2v) is 10.4. The molecule has 0 heterocycles. The molecule has 0 aromatic rings. The third-order valence-electron chi connectivity index (χ3n) is 9.54. The summed E-state index contributed by atoms with van der Waals surface area (Å²) >= 11 is 0. The zero-order valence-electron chi connectivity index (χ0n) is 16.6. The number of carbonyl (C=O) groups is 1. The molecule has 0 saturated heterocycles. The predicted octanol–water partition coefficient (Wildman–Crippen LogP) is 4.96. The summed E-state index contributed by atoms with van der Waals surface area (Å²) in [5.41, 5.74) is 0.0730. The van der Waals surface area contributed by atoms with Gasteiger partial charge >= 0.3 is 0 Å². The number of ketones is 1. The van der Waals surface area contributed by atoms with E-state index in [1.165, 1.54) is 12.8 Å². The van der Waals surface area contributed by atoms with Gasteiger partial charge in [-0.2, -0.15) is 0 Å². The molecule has 10 atom stereocenters. The fraction of sp³-hybridized carbons (Fsp3) is 0.870. The molecule has 4 fully saturated rings. The van der Waals surface area contributed by atoms with Gasteiger partial charge in [-0.15, -0.1) is 6.58 Å². The number of halogens is 1. The maximum atomic E-state index is 14.1. The van der Waals surface area contributed by atoms with Gasteiger partial charge in [-0.3, -0.25) is 4.79 Å². The molecule has 3 heteroatoms. The molecule has 0 radical (unpaired) electrons. The molecule has 0 bridgehead atoms. The highest BCUT2D eigenvalue weighted by molar-refractivity contribution is 5.87. The van der Waals surface area contributed by atoms with Crippen molar-refractivity contribution in [2.45, 2.75) is 78.0 Å². The van der Waals surface area contributed by atoms with Gasteiger partial charge in [-0.05, 0) is 85.4 Å². The summed E-state index contributed by atoms with van der Waals surface area (Å²) in [7, 11) is 0. The van der Waals surface area contributed by atoms with Crippen LogP contribution in [-0.2, 0) is 4.79 Å². The largest absolute Gasteiger partial charge is 0.385 e. The first kappa shape index (κ1) is 18.7. The number of carbonyl (C=O) groups excluding carboxylic acids is 1. The summed E-state index contributed by atoms with van der Waals surface area (Å²) in [5.74, 6) is 1.58. The average Bonchev–Trinajstić information content (AvgIpc) is 2.97. The summed E-state index contributed by atoms with van der Waals surface area (Å²) < 4.78 is 14.1. The van der Waals surface area contributed by atoms with Crippen LogP contribution in [0.15, 0.2) is 12.7 Å². The van der Waals surface area contributed by atoms with Crippen LogP contribution in [0.2, 0.25) is 0 Å². The molecule has 1 N–H and O–H groups in total.